The van der Waals surface area contributed by atoms with Crippen molar-refractivity contribution in [2.45, 2.75) is 70.9 Å². The van der Waals surface area contributed by atoms with Gasteiger partial charge in [-0.25, -0.2) is 0 Å². The molecule has 2 rings (SSSR count). The highest BCUT2D eigenvalue weighted by atomic mass is 15.2. The Kier molecular flexibility index (Phi) is 3.32. The highest BCUT2D eigenvalue weighted by molar-refractivity contribution is 5.82. The Morgan fingerprint density at radius 2 is 1.87 bits per heavy atom. The first-order valence-corrected chi connectivity index (χ1v) is 6.60. The Hall–Kier alpha value is -0.530. The van der Waals surface area contributed by atoms with Crippen LogP contribution in [-0.4, -0.2) is 22.8 Å². The van der Waals surface area contributed by atoms with E-state index in [0.717, 1.165) is 5.84 Å². The van der Waals surface area contributed by atoms with E-state index in [4.69, 9.17) is 5.41 Å². The van der Waals surface area contributed by atoms with Gasteiger partial charge in [-0.3, -0.25) is 5.41 Å². The molecule has 0 aromatic heterocycles. The van der Waals surface area contributed by atoms with Gasteiger partial charge in [-0.05, 0) is 39.0 Å². The van der Waals surface area contributed by atoms with Crippen LogP contribution in [0.3, 0.4) is 0 Å². The smallest absolute Gasteiger partial charge is 0.0994 e. The molecule has 2 unspecified atom stereocenters. The van der Waals surface area contributed by atoms with Crippen LogP contribution >= 0.6 is 0 Å². The third-order valence-electron chi connectivity index (χ3n) is 4.28. The van der Waals surface area contributed by atoms with Gasteiger partial charge in [0.2, 0.25) is 0 Å². The topological polar surface area (TPSA) is 27.1 Å². The van der Waals surface area contributed by atoms with Crippen molar-refractivity contribution in [3.05, 3.63) is 0 Å². The molecule has 2 fully saturated rings. The normalized spacial score (nSPS) is 32.5. The number of hydrogen-bond acceptors (Lipinski definition) is 1. The number of hydrogen-bond donors (Lipinski definition) is 1. The summed E-state index contributed by atoms with van der Waals surface area (Å²) < 4.78 is 0. The second kappa shape index (κ2) is 4.54. The molecule has 0 amide bonds. The number of likely N-dealkylation sites (tertiary alicyclic amines) is 1. The summed E-state index contributed by atoms with van der Waals surface area (Å²) in [5.41, 5.74) is 0. The first-order valence-electron chi connectivity index (χ1n) is 6.60. The fourth-order valence-electron chi connectivity index (χ4n) is 3.32. The summed E-state index contributed by atoms with van der Waals surface area (Å²) in [4.78, 5) is 2.43. The Labute approximate surface area is 93.6 Å². The van der Waals surface area contributed by atoms with Crippen LogP contribution in [0.15, 0.2) is 0 Å². The lowest BCUT2D eigenvalue weighted by molar-refractivity contribution is 0.301. The third kappa shape index (κ3) is 2.04. The Morgan fingerprint density at radius 3 is 2.47 bits per heavy atom. The third-order valence-corrected chi connectivity index (χ3v) is 4.28. The molecule has 0 aromatic carbocycles. The van der Waals surface area contributed by atoms with Gasteiger partial charge < -0.3 is 4.90 Å². The van der Waals surface area contributed by atoms with E-state index in [-0.39, 0.29) is 0 Å². The van der Waals surface area contributed by atoms with Gasteiger partial charge in [0.1, 0.15) is 0 Å². The number of rotatable bonds is 2. The van der Waals surface area contributed by atoms with Crippen LogP contribution in [0.2, 0.25) is 0 Å². The number of amidine groups is 1. The maximum atomic E-state index is 8.37. The van der Waals surface area contributed by atoms with Crippen LogP contribution in [0.25, 0.3) is 0 Å². The SMILES string of the molecule is CCC1CCC(C)N1C(=N)C1CCCC1. The zero-order chi connectivity index (χ0) is 10.8. The minimum Gasteiger partial charge on any atom is -0.355 e. The molecular weight excluding hydrogens is 184 g/mol. The summed E-state index contributed by atoms with van der Waals surface area (Å²) in [5, 5.41) is 8.37. The average Bonchev–Trinajstić information content (AvgIpc) is 2.85. The van der Waals surface area contributed by atoms with Crippen LogP contribution in [0.4, 0.5) is 0 Å². The summed E-state index contributed by atoms with van der Waals surface area (Å²) in [6, 6.07) is 1.27. The highest BCUT2D eigenvalue weighted by Crippen LogP contribution is 2.33. The molecular formula is C13H24N2. The first-order chi connectivity index (χ1) is 7.24. The predicted octanol–water partition coefficient (Wildman–Crippen LogP) is 3.42. The predicted molar refractivity (Wildman–Crippen MR) is 64.3 cm³/mol. The quantitative estimate of drug-likeness (QED) is 0.546. The van der Waals surface area contributed by atoms with Crippen molar-refractivity contribution in [1.82, 2.24) is 4.90 Å². The lowest BCUT2D eigenvalue weighted by Crippen LogP contribution is -2.42. The first kappa shape index (κ1) is 11.0. The van der Waals surface area contributed by atoms with E-state index >= 15 is 0 Å². The molecule has 2 atom stereocenters. The Morgan fingerprint density at radius 1 is 1.20 bits per heavy atom. The molecule has 86 valence electrons. The standard InChI is InChI=1S/C13H24N2/c1-3-12-9-8-10(2)15(12)13(14)11-6-4-5-7-11/h10-12,14H,3-9H2,1-2H3. The van der Waals surface area contributed by atoms with Crippen LogP contribution in [-0.2, 0) is 0 Å². The van der Waals surface area contributed by atoms with Crippen LogP contribution in [0.1, 0.15) is 58.8 Å². The van der Waals surface area contributed by atoms with Gasteiger partial charge in [-0.1, -0.05) is 19.8 Å². The van der Waals surface area contributed by atoms with Gasteiger partial charge >= 0.3 is 0 Å². The minimum atomic E-state index is 0.583. The fourth-order valence-corrected chi connectivity index (χ4v) is 3.32. The molecule has 1 aliphatic carbocycles. The fraction of sp³-hybridized carbons (Fsp3) is 0.923. The number of nitrogens with one attached hydrogen (secondary N) is 1. The van der Waals surface area contributed by atoms with Gasteiger partial charge in [0, 0.05) is 18.0 Å². The molecule has 0 radical (unpaired) electrons. The van der Waals surface area contributed by atoms with Crippen molar-refractivity contribution in [3.63, 3.8) is 0 Å². The number of nitrogens with zero attached hydrogens (tertiary/aromatic N) is 1. The van der Waals surface area contributed by atoms with Crippen LogP contribution < -0.4 is 0 Å². The molecule has 1 heterocycles. The van der Waals surface area contributed by atoms with Gasteiger partial charge in [-0.15, -0.1) is 0 Å². The van der Waals surface area contributed by atoms with Crippen LogP contribution in [0, 0.1) is 11.3 Å². The van der Waals surface area contributed by atoms with E-state index in [2.05, 4.69) is 18.7 Å². The molecule has 0 spiro atoms. The Bertz CT molecular complexity index is 231. The second-order valence-electron chi connectivity index (χ2n) is 5.26. The van der Waals surface area contributed by atoms with E-state index in [1.165, 1.54) is 44.9 Å². The largest absolute Gasteiger partial charge is 0.355 e. The van der Waals surface area contributed by atoms with Gasteiger partial charge in [0.05, 0.1) is 5.84 Å². The molecule has 2 heteroatoms. The van der Waals surface area contributed by atoms with Gasteiger partial charge in [0.25, 0.3) is 0 Å². The van der Waals surface area contributed by atoms with Crippen LogP contribution in [0.5, 0.6) is 0 Å². The molecule has 15 heavy (non-hydrogen) atoms. The van der Waals surface area contributed by atoms with E-state index in [9.17, 15) is 0 Å². The summed E-state index contributed by atoms with van der Waals surface area (Å²) in [7, 11) is 0. The zero-order valence-corrected chi connectivity index (χ0v) is 10.1. The van der Waals surface area contributed by atoms with Crippen molar-refractivity contribution < 1.29 is 0 Å². The molecule has 2 nitrogen and oxygen atoms in total. The van der Waals surface area contributed by atoms with Crippen molar-refractivity contribution in [2.75, 3.05) is 0 Å². The summed E-state index contributed by atoms with van der Waals surface area (Å²) in [6.07, 6.45) is 8.99. The van der Waals surface area contributed by atoms with E-state index in [1.54, 1.807) is 0 Å². The van der Waals surface area contributed by atoms with Gasteiger partial charge in [0.15, 0.2) is 0 Å². The lowest BCUT2D eigenvalue weighted by Gasteiger charge is -2.33. The molecule has 1 N–H and O–H groups in total. The van der Waals surface area contributed by atoms with E-state index in [1.807, 2.05) is 0 Å². The van der Waals surface area contributed by atoms with Crippen molar-refractivity contribution in [2.24, 2.45) is 5.92 Å². The highest BCUT2D eigenvalue weighted by Gasteiger charge is 2.34. The average molecular weight is 208 g/mol. The maximum absolute atomic E-state index is 8.37. The minimum absolute atomic E-state index is 0.583. The molecule has 1 saturated carbocycles. The molecule has 0 aromatic rings. The Balaban J connectivity index is 2.03. The van der Waals surface area contributed by atoms with E-state index in [0.29, 0.717) is 18.0 Å². The monoisotopic (exact) mass is 208 g/mol. The molecule has 1 saturated heterocycles. The van der Waals surface area contributed by atoms with Crippen molar-refractivity contribution in [3.8, 4) is 0 Å². The zero-order valence-electron chi connectivity index (χ0n) is 10.1. The van der Waals surface area contributed by atoms with E-state index < -0.39 is 0 Å². The van der Waals surface area contributed by atoms with Gasteiger partial charge in [-0.2, -0.15) is 0 Å². The maximum Gasteiger partial charge on any atom is 0.0994 e. The molecule has 2 aliphatic rings. The summed E-state index contributed by atoms with van der Waals surface area (Å²) in [5.74, 6) is 1.55. The molecule has 1 aliphatic heterocycles. The van der Waals surface area contributed by atoms with Crippen molar-refractivity contribution in [1.29, 1.82) is 5.41 Å². The lowest BCUT2D eigenvalue weighted by atomic mass is 10.0. The summed E-state index contributed by atoms with van der Waals surface area (Å²) >= 11 is 0. The summed E-state index contributed by atoms with van der Waals surface area (Å²) in [6.45, 7) is 4.55. The second-order valence-corrected chi connectivity index (χ2v) is 5.26. The molecule has 0 bridgehead atoms. The van der Waals surface area contributed by atoms with Crippen molar-refractivity contribution >= 4 is 5.84 Å².